The number of ether oxygens (including phenoxy) is 3. The summed E-state index contributed by atoms with van der Waals surface area (Å²) in [5.74, 6) is 0.754. The lowest BCUT2D eigenvalue weighted by atomic mass is 10.2. The second-order valence-electron chi connectivity index (χ2n) is 6.35. The number of carbonyl (C=O) groups excluding carboxylic acids is 2. The number of carbonyl (C=O) groups is 2. The predicted molar refractivity (Wildman–Crippen MR) is 118 cm³/mol. The summed E-state index contributed by atoms with van der Waals surface area (Å²) in [6.07, 6.45) is 2.86. The number of furan rings is 1. The van der Waals surface area contributed by atoms with Crippen LogP contribution in [0, 0.1) is 0 Å². The van der Waals surface area contributed by atoms with E-state index in [0.717, 1.165) is 0 Å². The number of hydrogen-bond acceptors (Lipinski definition) is 7. The number of methoxy groups -OCH3 is 1. The molecular formula is C23H23N3O6. The minimum Gasteiger partial charge on any atom is -0.495 e. The molecule has 0 saturated carbocycles. The minimum atomic E-state index is -0.461. The Balaban J connectivity index is 1.60. The predicted octanol–water partition coefficient (Wildman–Crippen LogP) is 3.47. The van der Waals surface area contributed by atoms with Gasteiger partial charge in [0.25, 0.3) is 5.91 Å². The third-order valence-corrected chi connectivity index (χ3v) is 4.13. The Morgan fingerprint density at radius 1 is 1.03 bits per heavy atom. The molecule has 32 heavy (non-hydrogen) atoms. The molecule has 0 aliphatic heterocycles. The number of nitrogens with zero attached hydrogens (tertiary/aromatic N) is 1. The number of hydrazone groups is 1. The van der Waals surface area contributed by atoms with Crippen molar-refractivity contribution in [1.29, 1.82) is 0 Å². The summed E-state index contributed by atoms with van der Waals surface area (Å²) in [5.41, 5.74) is 3.59. The fraction of sp³-hybridized carbons (Fsp3) is 0.174. The molecule has 0 aliphatic carbocycles. The molecule has 0 unspecified atom stereocenters. The average molecular weight is 437 g/mol. The van der Waals surface area contributed by atoms with Crippen molar-refractivity contribution < 1.29 is 28.2 Å². The smallest absolute Gasteiger partial charge is 0.307 e. The molecule has 0 saturated heterocycles. The number of para-hydroxylation sites is 2. The summed E-state index contributed by atoms with van der Waals surface area (Å²) in [6, 6.07) is 15.3. The summed E-state index contributed by atoms with van der Waals surface area (Å²) >= 11 is 0. The molecule has 2 aromatic carbocycles. The van der Waals surface area contributed by atoms with E-state index in [1.807, 2.05) is 13.0 Å². The number of anilines is 1. The van der Waals surface area contributed by atoms with Crippen LogP contribution >= 0.6 is 0 Å². The summed E-state index contributed by atoms with van der Waals surface area (Å²) in [7, 11) is 1.53. The van der Waals surface area contributed by atoms with Crippen molar-refractivity contribution in [3.05, 3.63) is 72.2 Å². The number of hydrogen-bond donors (Lipinski definition) is 2. The number of nitrogens with one attached hydrogen (secondary N) is 2. The molecule has 0 spiro atoms. The van der Waals surface area contributed by atoms with Gasteiger partial charge in [-0.15, -0.1) is 0 Å². The van der Waals surface area contributed by atoms with Crippen molar-refractivity contribution >= 4 is 23.7 Å². The average Bonchev–Trinajstić information content (AvgIpc) is 3.34. The van der Waals surface area contributed by atoms with E-state index < -0.39 is 5.91 Å². The maximum Gasteiger partial charge on any atom is 0.307 e. The molecule has 3 rings (SSSR count). The van der Waals surface area contributed by atoms with Crippen molar-refractivity contribution in [3.8, 4) is 17.2 Å². The quantitative estimate of drug-likeness (QED) is 0.371. The number of amides is 2. The van der Waals surface area contributed by atoms with Gasteiger partial charge in [-0.3, -0.25) is 9.59 Å². The first-order valence-corrected chi connectivity index (χ1v) is 9.80. The van der Waals surface area contributed by atoms with E-state index in [9.17, 15) is 9.59 Å². The Labute approximate surface area is 185 Å². The second kappa shape index (κ2) is 11.2. The Morgan fingerprint density at radius 3 is 2.62 bits per heavy atom. The summed E-state index contributed by atoms with van der Waals surface area (Å²) in [6.45, 7) is 2.02. The van der Waals surface area contributed by atoms with Gasteiger partial charge in [0.15, 0.2) is 23.9 Å². The van der Waals surface area contributed by atoms with Gasteiger partial charge in [0, 0.05) is 0 Å². The molecule has 9 heteroatoms. The van der Waals surface area contributed by atoms with Gasteiger partial charge < -0.3 is 23.9 Å². The largest absolute Gasteiger partial charge is 0.495 e. The van der Waals surface area contributed by atoms with E-state index >= 15 is 0 Å². The van der Waals surface area contributed by atoms with Gasteiger partial charge in [-0.05, 0) is 55.0 Å². The molecule has 9 nitrogen and oxygen atoms in total. The lowest BCUT2D eigenvalue weighted by Gasteiger charge is -2.13. The van der Waals surface area contributed by atoms with Crippen LogP contribution in [-0.2, 0) is 4.79 Å². The summed E-state index contributed by atoms with van der Waals surface area (Å²) in [4.78, 5) is 24.1. The first-order chi connectivity index (χ1) is 15.6. The van der Waals surface area contributed by atoms with Crippen molar-refractivity contribution in [2.24, 2.45) is 5.10 Å². The third kappa shape index (κ3) is 6.11. The number of benzene rings is 2. The lowest BCUT2D eigenvalue weighted by Crippen LogP contribution is -2.20. The van der Waals surface area contributed by atoms with E-state index in [1.165, 1.54) is 25.7 Å². The van der Waals surface area contributed by atoms with Gasteiger partial charge in [0.1, 0.15) is 5.75 Å². The fourth-order valence-electron chi connectivity index (χ4n) is 2.70. The van der Waals surface area contributed by atoms with E-state index in [4.69, 9.17) is 18.6 Å². The molecule has 3 aromatic rings. The maximum atomic E-state index is 12.3. The normalized spacial score (nSPS) is 10.6. The van der Waals surface area contributed by atoms with E-state index in [-0.39, 0.29) is 18.3 Å². The first kappa shape index (κ1) is 22.4. The van der Waals surface area contributed by atoms with Crippen LogP contribution in [0.25, 0.3) is 0 Å². The molecule has 0 bridgehead atoms. The van der Waals surface area contributed by atoms with Crippen LogP contribution in [0.2, 0.25) is 0 Å². The first-order valence-electron chi connectivity index (χ1n) is 9.80. The van der Waals surface area contributed by atoms with E-state index in [0.29, 0.717) is 35.1 Å². The molecule has 166 valence electrons. The zero-order valence-electron chi connectivity index (χ0n) is 17.7. The standard InChI is InChI=1S/C23H23N3O6/c1-3-30-21-13-16(14-24-26-23(28)20-9-6-12-31-20)10-11-19(21)32-15-22(27)25-17-7-4-5-8-18(17)29-2/h4-14H,3,15H2,1-2H3,(H,25,27)(H,26,28)/b24-14+. The van der Waals surface area contributed by atoms with Crippen LogP contribution in [0.15, 0.2) is 70.4 Å². The Kier molecular flexibility index (Phi) is 7.85. The highest BCUT2D eigenvalue weighted by Gasteiger charge is 2.11. The molecule has 2 N–H and O–H groups in total. The molecule has 0 radical (unpaired) electrons. The van der Waals surface area contributed by atoms with Gasteiger partial charge in [0.05, 0.1) is 31.9 Å². The van der Waals surface area contributed by atoms with Crippen molar-refractivity contribution in [1.82, 2.24) is 5.43 Å². The van der Waals surface area contributed by atoms with Gasteiger partial charge in [-0.2, -0.15) is 5.10 Å². The second-order valence-corrected chi connectivity index (χ2v) is 6.35. The van der Waals surface area contributed by atoms with Crippen LogP contribution in [0.3, 0.4) is 0 Å². The summed E-state index contributed by atoms with van der Waals surface area (Å²) in [5, 5.41) is 6.65. The van der Waals surface area contributed by atoms with Gasteiger partial charge in [-0.25, -0.2) is 5.43 Å². The van der Waals surface area contributed by atoms with Crippen LogP contribution in [0.5, 0.6) is 17.2 Å². The SMILES string of the molecule is CCOc1cc(/C=N/NC(=O)c2ccco2)ccc1OCC(=O)Nc1ccccc1OC. The summed E-state index contributed by atoms with van der Waals surface area (Å²) < 4.78 is 21.5. The highest BCUT2D eigenvalue weighted by atomic mass is 16.5. The van der Waals surface area contributed by atoms with E-state index in [1.54, 1.807) is 42.5 Å². The molecule has 2 amide bonds. The fourth-order valence-corrected chi connectivity index (χ4v) is 2.70. The van der Waals surface area contributed by atoms with Crippen molar-refractivity contribution in [2.45, 2.75) is 6.92 Å². The lowest BCUT2D eigenvalue weighted by molar-refractivity contribution is -0.118. The Bertz CT molecular complexity index is 1080. The topological polar surface area (TPSA) is 111 Å². The minimum absolute atomic E-state index is 0.160. The molecule has 0 atom stereocenters. The highest BCUT2D eigenvalue weighted by molar-refractivity contribution is 5.93. The molecular weight excluding hydrogens is 414 g/mol. The van der Waals surface area contributed by atoms with Gasteiger partial charge in [0.2, 0.25) is 0 Å². The Morgan fingerprint density at radius 2 is 1.88 bits per heavy atom. The van der Waals surface area contributed by atoms with Crippen LogP contribution < -0.4 is 25.0 Å². The van der Waals surface area contributed by atoms with Gasteiger partial charge >= 0.3 is 5.91 Å². The van der Waals surface area contributed by atoms with Crippen molar-refractivity contribution in [2.75, 3.05) is 25.6 Å². The van der Waals surface area contributed by atoms with Crippen LogP contribution in [0.1, 0.15) is 23.0 Å². The maximum absolute atomic E-state index is 12.3. The highest BCUT2D eigenvalue weighted by Crippen LogP contribution is 2.28. The van der Waals surface area contributed by atoms with Crippen LogP contribution in [0.4, 0.5) is 5.69 Å². The number of rotatable bonds is 10. The zero-order chi connectivity index (χ0) is 22.8. The van der Waals surface area contributed by atoms with E-state index in [2.05, 4.69) is 15.8 Å². The Hall–Kier alpha value is -4.27. The zero-order valence-corrected chi connectivity index (χ0v) is 17.7. The third-order valence-electron chi connectivity index (χ3n) is 4.13. The van der Waals surface area contributed by atoms with Gasteiger partial charge in [-0.1, -0.05) is 12.1 Å². The monoisotopic (exact) mass is 437 g/mol. The molecule has 1 aromatic heterocycles. The molecule has 0 fully saturated rings. The van der Waals surface area contributed by atoms with Crippen molar-refractivity contribution in [3.63, 3.8) is 0 Å². The molecule has 1 heterocycles. The van der Waals surface area contributed by atoms with Crippen LogP contribution in [-0.4, -0.2) is 38.4 Å². The molecule has 0 aliphatic rings.